The van der Waals surface area contributed by atoms with Crippen molar-refractivity contribution in [1.82, 2.24) is 0 Å². The molecule has 0 bridgehead atoms. The molecule has 3 rings (SSSR count). The van der Waals surface area contributed by atoms with Gasteiger partial charge in [0.15, 0.2) is 0 Å². The van der Waals surface area contributed by atoms with Crippen molar-refractivity contribution in [2.45, 2.75) is 26.2 Å². The first kappa shape index (κ1) is 17.7. The van der Waals surface area contributed by atoms with Gasteiger partial charge in [-0.15, -0.1) is 0 Å². The number of hydrogen-bond donors (Lipinski definition) is 1. The maximum atomic E-state index is 12.7. The van der Waals surface area contributed by atoms with Crippen molar-refractivity contribution in [2.24, 2.45) is 0 Å². The highest BCUT2D eigenvalue weighted by Gasteiger charge is 2.19. The summed E-state index contributed by atoms with van der Waals surface area (Å²) in [5.74, 6) is -0.00890. The number of methoxy groups -OCH3 is 1. The Morgan fingerprint density at radius 3 is 2.50 bits per heavy atom. The molecule has 3 aromatic rings. The topological polar surface area (TPSA) is 68.5 Å². The molecule has 0 spiro atoms. The molecule has 134 valence electrons. The number of carbonyl (C=O) groups is 1. The minimum atomic E-state index is -0.674. The number of nitrogens with one attached hydrogen (secondary N) is 1. The number of fused-ring (bicyclic) bond motifs is 1. The monoisotopic (exact) mass is 351 g/mol. The molecule has 0 unspecified atom stereocenters. The lowest BCUT2D eigenvalue weighted by Crippen LogP contribution is -2.21. The van der Waals surface area contributed by atoms with Crippen LogP contribution in [0.2, 0.25) is 0 Å². The fourth-order valence-corrected chi connectivity index (χ4v) is 2.68. The van der Waals surface area contributed by atoms with Crippen LogP contribution < -0.4 is 15.7 Å². The molecule has 0 aliphatic heterocycles. The molecule has 1 aromatic heterocycles. The molecule has 0 saturated carbocycles. The van der Waals surface area contributed by atoms with E-state index in [1.807, 2.05) is 18.2 Å². The summed E-state index contributed by atoms with van der Waals surface area (Å²) in [5.41, 5.74) is 1.19. The van der Waals surface area contributed by atoms with Gasteiger partial charge in [0.1, 0.15) is 16.9 Å². The van der Waals surface area contributed by atoms with Crippen molar-refractivity contribution < 1.29 is 13.9 Å². The Kier molecular flexibility index (Phi) is 4.55. The zero-order valence-corrected chi connectivity index (χ0v) is 15.3. The molecule has 0 aliphatic carbocycles. The molecule has 1 N–H and O–H groups in total. The lowest BCUT2D eigenvalue weighted by molar-refractivity contribution is 0.102. The van der Waals surface area contributed by atoms with Crippen molar-refractivity contribution in [1.29, 1.82) is 0 Å². The molecule has 5 nitrogen and oxygen atoms in total. The predicted octanol–water partition coefficient (Wildman–Crippen LogP) is 4.35. The summed E-state index contributed by atoms with van der Waals surface area (Å²) >= 11 is 0. The summed E-state index contributed by atoms with van der Waals surface area (Å²) in [4.78, 5) is 24.9. The second kappa shape index (κ2) is 6.67. The first-order valence-corrected chi connectivity index (χ1v) is 8.32. The van der Waals surface area contributed by atoms with Crippen LogP contribution in [-0.2, 0) is 5.41 Å². The van der Waals surface area contributed by atoms with E-state index in [4.69, 9.17) is 9.15 Å². The number of carbonyl (C=O) groups excluding carboxylic acids is 1. The Labute approximate surface area is 151 Å². The van der Waals surface area contributed by atoms with Crippen LogP contribution in [0.5, 0.6) is 5.75 Å². The first-order valence-electron chi connectivity index (χ1n) is 8.32. The molecule has 0 radical (unpaired) electrons. The van der Waals surface area contributed by atoms with Crippen molar-refractivity contribution in [2.75, 3.05) is 12.4 Å². The first-order chi connectivity index (χ1) is 12.3. The van der Waals surface area contributed by atoms with Crippen LogP contribution >= 0.6 is 0 Å². The second-order valence-corrected chi connectivity index (χ2v) is 7.10. The minimum absolute atomic E-state index is 0.0492. The van der Waals surface area contributed by atoms with Gasteiger partial charge in [-0.1, -0.05) is 45.0 Å². The van der Waals surface area contributed by atoms with Crippen molar-refractivity contribution in [3.8, 4) is 5.75 Å². The highest BCUT2D eigenvalue weighted by Crippen LogP contribution is 2.31. The number of amides is 1. The summed E-state index contributed by atoms with van der Waals surface area (Å²) in [5, 5.41) is 3.46. The fourth-order valence-electron chi connectivity index (χ4n) is 2.68. The average molecular weight is 351 g/mol. The molecule has 0 atom stereocenters. The SMILES string of the molecule is COc1ccc(C(C)(C)C)cc1NC(=O)c1cc2ccccc2oc1=O. The van der Waals surface area contributed by atoms with Gasteiger partial charge in [-0.25, -0.2) is 4.79 Å². The number of para-hydroxylation sites is 1. The van der Waals surface area contributed by atoms with Crippen LogP contribution in [0.25, 0.3) is 11.0 Å². The zero-order chi connectivity index (χ0) is 18.9. The van der Waals surface area contributed by atoms with E-state index in [0.717, 1.165) is 5.56 Å². The third-order valence-electron chi connectivity index (χ3n) is 4.20. The maximum Gasteiger partial charge on any atom is 0.349 e. The minimum Gasteiger partial charge on any atom is -0.495 e. The lowest BCUT2D eigenvalue weighted by Gasteiger charge is -2.21. The number of ether oxygens (including phenoxy) is 1. The van der Waals surface area contributed by atoms with Crippen molar-refractivity contribution >= 4 is 22.6 Å². The third kappa shape index (κ3) is 3.47. The molecule has 0 fully saturated rings. The van der Waals surface area contributed by atoms with Gasteiger partial charge in [-0.05, 0) is 35.2 Å². The van der Waals surface area contributed by atoms with E-state index < -0.39 is 11.5 Å². The van der Waals surface area contributed by atoms with E-state index in [2.05, 4.69) is 26.1 Å². The molecule has 1 amide bonds. The van der Waals surface area contributed by atoms with Gasteiger partial charge in [-0.2, -0.15) is 0 Å². The number of benzene rings is 2. The van der Waals surface area contributed by atoms with E-state index in [9.17, 15) is 9.59 Å². The van der Waals surface area contributed by atoms with Crippen molar-refractivity contribution in [3.63, 3.8) is 0 Å². The van der Waals surface area contributed by atoms with Crippen LogP contribution in [0.4, 0.5) is 5.69 Å². The molecular formula is C21H21NO4. The fraction of sp³-hybridized carbons (Fsp3) is 0.238. The van der Waals surface area contributed by atoms with Gasteiger partial charge in [0.05, 0.1) is 12.8 Å². The van der Waals surface area contributed by atoms with Crippen LogP contribution in [-0.4, -0.2) is 13.0 Å². The van der Waals surface area contributed by atoms with Crippen LogP contribution in [0.3, 0.4) is 0 Å². The largest absolute Gasteiger partial charge is 0.495 e. The Morgan fingerprint density at radius 2 is 1.81 bits per heavy atom. The molecule has 1 heterocycles. The zero-order valence-electron chi connectivity index (χ0n) is 15.3. The van der Waals surface area contributed by atoms with Gasteiger partial charge < -0.3 is 14.5 Å². The quantitative estimate of drug-likeness (QED) is 0.712. The Balaban J connectivity index is 2.00. The lowest BCUT2D eigenvalue weighted by atomic mass is 9.87. The highest BCUT2D eigenvalue weighted by molar-refractivity contribution is 6.06. The van der Waals surface area contributed by atoms with Crippen LogP contribution in [0, 0.1) is 0 Å². The number of rotatable bonds is 3. The molecule has 2 aromatic carbocycles. The number of hydrogen-bond acceptors (Lipinski definition) is 4. The van der Waals surface area contributed by atoms with E-state index >= 15 is 0 Å². The van der Waals surface area contributed by atoms with Gasteiger partial charge in [0, 0.05) is 5.39 Å². The Bertz CT molecular complexity index is 1030. The molecular weight excluding hydrogens is 330 g/mol. The van der Waals surface area contributed by atoms with E-state index in [1.165, 1.54) is 13.2 Å². The molecule has 0 aliphatic rings. The van der Waals surface area contributed by atoms with Gasteiger partial charge in [0.2, 0.25) is 0 Å². The van der Waals surface area contributed by atoms with Gasteiger partial charge in [-0.3, -0.25) is 4.79 Å². The Morgan fingerprint density at radius 1 is 1.08 bits per heavy atom. The predicted molar refractivity (Wildman–Crippen MR) is 102 cm³/mol. The van der Waals surface area contributed by atoms with Crippen LogP contribution in [0.1, 0.15) is 36.7 Å². The second-order valence-electron chi connectivity index (χ2n) is 7.10. The average Bonchev–Trinajstić information content (AvgIpc) is 2.60. The summed E-state index contributed by atoms with van der Waals surface area (Å²) < 4.78 is 10.6. The molecule has 26 heavy (non-hydrogen) atoms. The summed E-state index contributed by atoms with van der Waals surface area (Å²) in [7, 11) is 1.53. The van der Waals surface area contributed by atoms with Crippen molar-refractivity contribution in [3.05, 3.63) is 70.1 Å². The summed E-state index contributed by atoms with van der Waals surface area (Å²) in [6.45, 7) is 6.25. The number of anilines is 1. The maximum absolute atomic E-state index is 12.7. The van der Waals surface area contributed by atoms with Gasteiger partial charge >= 0.3 is 5.63 Å². The standard InChI is InChI=1S/C21H21NO4/c1-21(2,3)14-9-10-18(25-4)16(12-14)22-19(23)15-11-13-7-5-6-8-17(13)26-20(15)24/h5-12H,1-4H3,(H,22,23). The third-order valence-corrected chi connectivity index (χ3v) is 4.20. The molecule has 0 saturated heterocycles. The normalized spacial score (nSPS) is 11.4. The van der Waals surface area contributed by atoms with E-state index in [-0.39, 0.29) is 11.0 Å². The summed E-state index contributed by atoms with van der Waals surface area (Å²) in [6.07, 6.45) is 0. The molecule has 5 heteroatoms. The highest BCUT2D eigenvalue weighted by atomic mass is 16.5. The smallest absolute Gasteiger partial charge is 0.349 e. The van der Waals surface area contributed by atoms with Gasteiger partial charge in [0.25, 0.3) is 5.91 Å². The Hall–Kier alpha value is -3.08. The van der Waals surface area contributed by atoms with Crippen LogP contribution in [0.15, 0.2) is 57.7 Å². The summed E-state index contributed by atoms with van der Waals surface area (Å²) in [6, 6.07) is 14.2. The van der Waals surface area contributed by atoms with E-state index in [0.29, 0.717) is 22.4 Å². The van der Waals surface area contributed by atoms with E-state index in [1.54, 1.807) is 24.3 Å².